The van der Waals surface area contributed by atoms with E-state index in [4.69, 9.17) is 4.74 Å². The van der Waals surface area contributed by atoms with Gasteiger partial charge >= 0.3 is 0 Å². The zero-order valence-corrected chi connectivity index (χ0v) is 12.5. The Hall–Kier alpha value is -2.13. The molecule has 3 aliphatic rings. The fourth-order valence-electron chi connectivity index (χ4n) is 4.21. The number of anilines is 1. The topological polar surface area (TPSA) is 32.8 Å². The van der Waals surface area contributed by atoms with Gasteiger partial charge in [-0.05, 0) is 42.7 Å². The molecular formula is C19H17NO2. The lowest BCUT2D eigenvalue weighted by Crippen LogP contribution is -2.30. The summed E-state index contributed by atoms with van der Waals surface area (Å²) < 4.78 is 5.93. The zero-order chi connectivity index (χ0) is 14.9. The van der Waals surface area contributed by atoms with E-state index in [-0.39, 0.29) is 11.5 Å². The van der Waals surface area contributed by atoms with Gasteiger partial charge in [-0.1, -0.05) is 30.3 Å². The lowest BCUT2D eigenvalue weighted by molar-refractivity contribution is 0.0987. The molecule has 2 aromatic rings. The van der Waals surface area contributed by atoms with Gasteiger partial charge in [0.1, 0.15) is 5.60 Å². The molecule has 1 amide bonds. The Labute approximate surface area is 129 Å². The molecule has 0 bridgehead atoms. The molecule has 0 spiro atoms. The van der Waals surface area contributed by atoms with Crippen LogP contribution in [0.15, 0.2) is 48.5 Å². The summed E-state index contributed by atoms with van der Waals surface area (Å²) in [7, 11) is 0. The van der Waals surface area contributed by atoms with Gasteiger partial charge in [0, 0.05) is 23.7 Å². The number of ether oxygens (including phenoxy) is 1. The maximum absolute atomic E-state index is 12.9. The van der Waals surface area contributed by atoms with E-state index >= 15 is 0 Å². The van der Waals surface area contributed by atoms with Crippen LogP contribution in [-0.4, -0.2) is 18.6 Å². The van der Waals surface area contributed by atoms with Gasteiger partial charge < -0.3 is 9.64 Å². The summed E-state index contributed by atoms with van der Waals surface area (Å²) in [5.74, 6) is 0.516. The molecule has 3 heteroatoms. The number of carbonyl (C=O) groups excluding carboxylic acids is 1. The minimum Gasteiger partial charge on any atom is -0.361 e. The third-order valence-corrected chi connectivity index (χ3v) is 5.43. The largest absolute Gasteiger partial charge is 0.361 e. The Morgan fingerprint density at radius 1 is 1.18 bits per heavy atom. The van der Waals surface area contributed by atoms with Gasteiger partial charge in [0.15, 0.2) is 0 Å². The van der Waals surface area contributed by atoms with Gasteiger partial charge in [0.05, 0.1) is 6.10 Å². The molecule has 110 valence electrons. The average Bonchev–Trinajstić information content (AvgIpc) is 3.09. The van der Waals surface area contributed by atoms with Crippen LogP contribution in [0.4, 0.5) is 5.69 Å². The molecule has 0 saturated carbocycles. The van der Waals surface area contributed by atoms with E-state index < -0.39 is 0 Å². The number of carbonyl (C=O) groups is 1. The first kappa shape index (κ1) is 12.4. The van der Waals surface area contributed by atoms with Crippen molar-refractivity contribution in [3.63, 3.8) is 0 Å². The molecule has 3 atom stereocenters. The summed E-state index contributed by atoms with van der Waals surface area (Å²) in [5, 5.41) is 0. The van der Waals surface area contributed by atoms with Crippen molar-refractivity contribution < 1.29 is 9.53 Å². The Morgan fingerprint density at radius 3 is 2.82 bits per heavy atom. The first-order valence-electron chi connectivity index (χ1n) is 7.86. The standard InChI is InChI=1S/C19H17NO2/c1-19-14-8-5-9-15-17(14)13(10-16(19)22-19)11-20(15)18(21)12-6-3-2-4-7-12/h2-9,13,16H,10-11H2,1H3/t13-,16-,19+/m0/s1. The predicted octanol–water partition coefficient (Wildman–Crippen LogP) is 3.45. The third kappa shape index (κ3) is 1.47. The second kappa shape index (κ2) is 3.99. The highest BCUT2D eigenvalue weighted by Crippen LogP contribution is 2.59. The Morgan fingerprint density at radius 2 is 2.00 bits per heavy atom. The van der Waals surface area contributed by atoms with Crippen LogP contribution >= 0.6 is 0 Å². The minimum atomic E-state index is -0.117. The van der Waals surface area contributed by atoms with Crippen molar-refractivity contribution in [2.45, 2.75) is 31.0 Å². The Balaban J connectivity index is 1.61. The van der Waals surface area contributed by atoms with Crippen LogP contribution in [0.5, 0.6) is 0 Å². The van der Waals surface area contributed by atoms with E-state index in [0.717, 1.165) is 24.2 Å². The number of benzene rings is 2. The predicted molar refractivity (Wildman–Crippen MR) is 84.1 cm³/mol. The monoisotopic (exact) mass is 291 g/mol. The minimum absolute atomic E-state index is 0.100. The van der Waals surface area contributed by atoms with Crippen molar-refractivity contribution in [1.82, 2.24) is 0 Å². The van der Waals surface area contributed by atoms with E-state index in [0.29, 0.717) is 12.0 Å². The maximum atomic E-state index is 12.9. The van der Waals surface area contributed by atoms with Gasteiger partial charge in [-0.3, -0.25) is 4.79 Å². The van der Waals surface area contributed by atoms with Crippen molar-refractivity contribution in [1.29, 1.82) is 0 Å². The lowest BCUT2D eigenvalue weighted by Gasteiger charge is -2.21. The number of fused-ring (bicyclic) bond motifs is 2. The Kier molecular flexibility index (Phi) is 2.25. The SMILES string of the molecule is C[C@]12O[C@H]1C[C@H]1CN(C(=O)c3ccccc3)c3cccc2c31. The van der Waals surface area contributed by atoms with Crippen molar-refractivity contribution in [2.24, 2.45) is 0 Å². The number of rotatable bonds is 1. The molecular weight excluding hydrogens is 274 g/mol. The molecule has 2 aliphatic heterocycles. The van der Waals surface area contributed by atoms with Crippen LogP contribution in [0, 0.1) is 0 Å². The van der Waals surface area contributed by atoms with Crippen LogP contribution in [0.3, 0.4) is 0 Å². The molecule has 22 heavy (non-hydrogen) atoms. The molecule has 3 nitrogen and oxygen atoms in total. The fraction of sp³-hybridized carbons (Fsp3) is 0.316. The molecule has 0 radical (unpaired) electrons. The van der Waals surface area contributed by atoms with E-state index in [1.165, 1.54) is 11.1 Å². The quantitative estimate of drug-likeness (QED) is 0.754. The first-order chi connectivity index (χ1) is 10.7. The van der Waals surface area contributed by atoms with Crippen molar-refractivity contribution >= 4 is 11.6 Å². The summed E-state index contributed by atoms with van der Waals surface area (Å²) in [4.78, 5) is 14.8. The summed E-state index contributed by atoms with van der Waals surface area (Å²) in [5.41, 5.74) is 4.34. The van der Waals surface area contributed by atoms with Gasteiger partial charge in [-0.25, -0.2) is 0 Å². The average molecular weight is 291 g/mol. The van der Waals surface area contributed by atoms with Gasteiger partial charge in [-0.15, -0.1) is 0 Å². The van der Waals surface area contributed by atoms with Crippen LogP contribution in [0.2, 0.25) is 0 Å². The smallest absolute Gasteiger partial charge is 0.258 e. The number of amides is 1. The second-order valence-electron chi connectivity index (χ2n) is 6.67. The first-order valence-corrected chi connectivity index (χ1v) is 7.86. The van der Waals surface area contributed by atoms with Crippen molar-refractivity contribution in [3.8, 4) is 0 Å². The number of hydrogen-bond acceptors (Lipinski definition) is 2. The molecule has 0 aromatic heterocycles. The lowest BCUT2D eigenvalue weighted by atomic mass is 9.78. The highest BCUT2D eigenvalue weighted by atomic mass is 16.6. The summed E-state index contributed by atoms with van der Waals surface area (Å²) in [6.45, 7) is 2.95. The van der Waals surface area contributed by atoms with Gasteiger partial charge in [0.25, 0.3) is 5.91 Å². The van der Waals surface area contributed by atoms with Crippen LogP contribution in [-0.2, 0) is 10.3 Å². The highest BCUT2D eigenvalue weighted by molar-refractivity contribution is 6.07. The molecule has 5 rings (SSSR count). The normalized spacial score (nSPS) is 30.7. The highest BCUT2D eigenvalue weighted by Gasteiger charge is 2.60. The molecule has 1 fully saturated rings. The van der Waals surface area contributed by atoms with Crippen LogP contribution < -0.4 is 4.90 Å². The number of nitrogens with zero attached hydrogens (tertiary/aromatic N) is 1. The van der Waals surface area contributed by atoms with E-state index in [1.807, 2.05) is 35.2 Å². The van der Waals surface area contributed by atoms with Crippen LogP contribution in [0.25, 0.3) is 0 Å². The number of hydrogen-bond donors (Lipinski definition) is 0. The van der Waals surface area contributed by atoms with E-state index in [9.17, 15) is 4.79 Å². The van der Waals surface area contributed by atoms with Crippen molar-refractivity contribution in [2.75, 3.05) is 11.4 Å². The van der Waals surface area contributed by atoms with E-state index in [1.54, 1.807) is 0 Å². The Bertz CT molecular complexity index is 785. The second-order valence-corrected chi connectivity index (χ2v) is 6.67. The molecule has 1 saturated heterocycles. The van der Waals surface area contributed by atoms with Gasteiger partial charge in [-0.2, -0.15) is 0 Å². The molecule has 2 aromatic carbocycles. The number of epoxide rings is 1. The third-order valence-electron chi connectivity index (χ3n) is 5.43. The summed E-state index contributed by atoms with van der Waals surface area (Å²) >= 11 is 0. The van der Waals surface area contributed by atoms with E-state index in [2.05, 4.69) is 25.1 Å². The molecule has 2 heterocycles. The zero-order valence-electron chi connectivity index (χ0n) is 12.5. The summed E-state index contributed by atoms with van der Waals surface area (Å²) in [6.07, 6.45) is 1.35. The summed E-state index contributed by atoms with van der Waals surface area (Å²) in [6, 6.07) is 15.8. The molecule has 0 N–H and O–H groups in total. The van der Waals surface area contributed by atoms with Crippen LogP contribution in [0.1, 0.15) is 40.7 Å². The van der Waals surface area contributed by atoms with Crippen molar-refractivity contribution in [3.05, 3.63) is 65.2 Å². The molecule has 0 unspecified atom stereocenters. The maximum Gasteiger partial charge on any atom is 0.258 e. The molecule has 1 aliphatic carbocycles. The fourth-order valence-corrected chi connectivity index (χ4v) is 4.21. The van der Waals surface area contributed by atoms with Gasteiger partial charge in [0.2, 0.25) is 0 Å².